The average Bonchev–Trinajstić information content (AvgIpc) is 2.62. The standard InChI is InChI=1S/C18H25NO3/c1-21-18(20)15-4-2-14(3-5-15)17-12-16(6-9-19-17)13-7-10-22-11-8-13/h2-5,13,16-17,19H,6-12H2,1H3/t16?,17-/m0/s1. The maximum Gasteiger partial charge on any atom is 0.337 e. The van der Waals surface area contributed by atoms with E-state index in [1.54, 1.807) is 0 Å². The van der Waals surface area contributed by atoms with Gasteiger partial charge in [-0.3, -0.25) is 0 Å². The molecule has 0 aromatic heterocycles. The van der Waals surface area contributed by atoms with E-state index >= 15 is 0 Å². The summed E-state index contributed by atoms with van der Waals surface area (Å²) < 4.78 is 10.2. The van der Waals surface area contributed by atoms with Gasteiger partial charge in [-0.1, -0.05) is 12.1 Å². The Labute approximate surface area is 132 Å². The van der Waals surface area contributed by atoms with E-state index in [0.717, 1.165) is 31.6 Å². The SMILES string of the molecule is COC(=O)c1ccc([C@@H]2CC(C3CCOCC3)CCN2)cc1. The molecule has 120 valence electrons. The number of rotatable bonds is 3. The van der Waals surface area contributed by atoms with Crippen LogP contribution in [0.5, 0.6) is 0 Å². The number of benzene rings is 1. The molecule has 2 aliphatic rings. The van der Waals surface area contributed by atoms with Crippen molar-refractivity contribution in [3.8, 4) is 0 Å². The fourth-order valence-electron chi connectivity index (χ4n) is 3.79. The van der Waals surface area contributed by atoms with Crippen molar-refractivity contribution in [1.29, 1.82) is 0 Å². The largest absolute Gasteiger partial charge is 0.465 e. The smallest absolute Gasteiger partial charge is 0.337 e. The number of nitrogens with one attached hydrogen (secondary N) is 1. The molecule has 2 atom stereocenters. The van der Waals surface area contributed by atoms with Crippen molar-refractivity contribution in [1.82, 2.24) is 5.32 Å². The van der Waals surface area contributed by atoms with Gasteiger partial charge in [0.25, 0.3) is 0 Å². The number of ether oxygens (including phenoxy) is 2. The van der Waals surface area contributed by atoms with E-state index < -0.39 is 0 Å². The van der Waals surface area contributed by atoms with Crippen molar-refractivity contribution < 1.29 is 14.3 Å². The number of piperidine rings is 1. The highest BCUT2D eigenvalue weighted by atomic mass is 16.5. The summed E-state index contributed by atoms with van der Waals surface area (Å²) >= 11 is 0. The molecule has 0 bridgehead atoms. The quantitative estimate of drug-likeness (QED) is 0.872. The molecule has 1 unspecified atom stereocenters. The van der Waals surface area contributed by atoms with Gasteiger partial charge in [-0.05, 0) is 61.8 Å². The van der Waals surface area contributed by atoms with Gasteiger partial charge < -0.3 is 14.8 Å². The number of hydrogen-bond acceptors (Lipinski definition) is 4. The lowest BCUT2D eigenvalue weighted by Gasteiger charge is -2.37. The second kappa shape index (κ2) is 7.25. The first-order valence-corrected chi connectivity index (χ1v) is 8.27. The highest BCUT2D eigenvalue weighted by Gasteiger charge is 2.30. The van der Waals surface area contributed by atoms with Gasteiger partial charge in [-0.2, -0.15) is 0 Å². The van der Waals surface area contributed by atoms with Crippen LogP contribution in [0, 0.1) is 11.8 Å². The minimum Gasteiger partial charge on any atom is -0.465 e. The fraction of sp³-hybridized carbons (Fsp3) is 0.611. The Bertz CT molecular complexity index is 494. The molecule has 3 rings (SSSR count). The Kier molecular flexibility index (Phi) is 5.11. The minimum atomic E-state index is -0.275. The number of methoxy groups -OCH3 is 1. The second-order valence-electron chi connectivity index (χ2n) is 6.35. The van der Waals surface area contributed by atoms with Crippen LogP contribution in [0.15, 0.2) is 24.3 Å². The Morgan fingerprint density at radius 2 is 1.86 bits per heavy atom. The lowest BCUT2D eigenvalue weighted by atomic mass is 9.77. The van der Waals surface area contributed by atoms with Crippen LogP contribution in [0.2, 0.25) is 0 Å². The van der Waals surface area contributed by atoms with E-state index in [-0.39, 0.29) is 5.97 Å². The Balaban J connectivity index is 1.65. The number of esters is 1. The molecule has 2 fully saturated rings. The van der Waals surface area contributed by atoms with Crippen molar-refractivity contribution in [2.24, 2.45) is 11.8 Å². The van der Waals surface area contributed by atoms with Crippen LogP contribution in [0.3, 0.4) is 0 Å². The van der Waals surface area contributed by atoms with E-state index in [4.69, 9.17) is 9.47 Å². The van der Waals surface area contributed by atoms with E-state index in [0.29, 0.717) is 11.6 Å². The topological polar surface area (TPSA) is 47.6 Å². The lowest BCUT2D eigenvalue weighted by molar-refractivity contribution is 0.0367. The molecular weight excluding hydrogens is 278 g/mol. The number of carbonyl (C=O) groups is 1. The Hall–Kier alpha value is -1.39. The second-order valence-corrected chi connectivity index (χ2v) is 6.35. The molecule has 4 nitrogen and oxygen atoms in total. The normalized spacial score (nSPS) is 26.6. The molecule has 0 radical (unpaired) electrons. The van der Waals surface area contributed by atoms with Gasteiger partial charge in [0.2, 0.25) is 0 Å². The number of hydrogen-bond donors (Lipinski definition) is 1. The van der Waals surface area contributed by atoms with Crippen LogP contribution in [0.4, 0.5) is 0 Å². The van der Waals surface area contributed by atoms with Gasteiger partial charge in [-0.25, -0.2) is 4.79 Å². The van der Waals surface area contributed by atoms with Crippen molar-refractivity contribution in [2.45, 2.75) is 31.7 Å². The molecule has 0 amide bonds. The Morgan fingerprint density at radius 1 is 1.14 bits per heavy atom. The summed E-state index contributed by atoms with van der Waals surface area (Å²) in [6.45, 7) is 2.92. The molecule has 2 saturated heterocycles. The minimum absolute atomic E-state index is 0.275. The predicted octanol–water partition coefficient (Wildman–Crippen LogP) is 2.94. The Morgan fingerprint density at radius 3 is 2.55 bits per heavy atom. The summed E-state index contributed by atoms with van der Waals surface area (Å²) in [5, 5.41) is 3.62. The first-order valence-electron chi connectivity index (χ1n) is 8.27. The fourth-order valence-corrected chi connectivity index (χ4v) is 3.79. The van der Waals surface area contributed by atoms with Gasteiger partial charge in [0.05, 0.1) is 12.7 Å². The third-order valence-corrected chi connectivity index (χ3v) is 5.11. The van der Waals surface area contributed by atoms with Crippen LogP contribution in [-0.2, 0) is 9.47 Å². The van der Waals surface area contributed by atoms with Crippen molar-refractivity contribution in [3.05, 3.63) is 35.4 Å². The summed E-state index contributed by atoms with van der Waals surface area (Å²) in [6.07, 6.45) is 4.86. The van der Waals surface area contributed by atoms with Crippen LogP contribution in [-0.4, -0.2) is 32.8 Å². The first-order chi connectivity index (χ1) is 10.8. The molecule has 0 aliphatic carbocycles. The third kappa shape index (κ3) is 3.50. The van der Waals surface area contributed by atoms with Crippen LogP contribution >= 0.6 is 0 Å². The maximum absolute atomic E-state index is 11.5. The molecule has 1 N–H and O–H groups in total. The molecule has 0 saturated carbocycles. The van der Waals surface area contributed by atoms with E-state index in [1.165, 1.54) is 38.4 Å². The monoisotopic (exact) mass is 303 g/mol. The molecule has 1 aromatic carbocycles. The highest BCUT2D eigenvalue weighted by Crippen LogP contribution is 2.36. The molecular formula is C18H25NO3. The van der Waals surface area contributed by atoms with Crippen molar-refractivity contribution in [2.75, 3.05) is 26.9 Å². The molecule has 2 heterocycles. The van der Waals surface area contributed by atoms with Crippen LogP contribution < -0.4 is 5.32 Å². The summed E-state index contributed by atoms with van der Waals surface area (Å²) in [7, 11) is 1.41. The van der Waals surface area contributed by atoms with Gasteiger partial charge in [0.15, 0.2) is 0 Å². The summed E-state index contributed by atoms with van der Waals surface area (Å²) in [5.74, 6) is 1.33. The maximum atomic E-state index is 11.5. The van der Waals surface area contributed by atoms with Gasteiger partial charge in [-0.15, -0.1) is 0 Å². The first kappa shape index (κ1) is 15.5. The zero-order valence-electron chi connectivity index (χ0n) is 13.2. The molecule has 22 heavy (non-hydrogen) atoms. The summed E-state index contributed by atoms with van der Waals surface area (Å²) in [6, 6.07) is 8.22. The number of carbonyl (C=O) groups excluding carboxylic acids is 1. The van der Waals surface area contributed by atoms with E-state index in [2.05, 4.69) is 17.4 Å². The zero-order valence-corrected chi connectivity index (χ0v) is 13.2. The van der Waals surface area contributed by atoms with Crippen molar-refractivity contribution >= 4 is 5.97 Å². The van der Waals surface area contributed by atoms with Crippen LogP contribution in [0.25, 0.3) is 0 Å². The van der Waals surface area contributed by atoms with E-state index in [9.17, 15) is 4.79 Å². The highest BCUT2D eigenvalue weighted by molar-refractivity contribution is 5.89. The van der Waals surface area contributed by atoms with Crippen LogP contribution in [0.1, 0.15) is 47.6 Å². The molecule has 4 heteroatoms. The van der Waals surface area contributed by atoms with Crippen molar-refractivity contribution in [3.63, 3.8) is 0 Å². The van der Waals surface area contributed by atoms with Gasteiger partial charge in [0, 0.05) is 19.3 Å². The van der Waals surface area contributed by atoms with Gasteiger partial charge in [0.1, 0.15) is 0 Å². The average molecular weight is 303 g/mol. The molecule has 1 aromatic rings. The summed E-state index contributed by atoms with van der Waals surface area (Å²) in [5.41, 5.74) is 1.88. The third-order valence-electron chi connectivity index (χ3n) is 5.11. The molecule has 0 spiro atoms. The van der Waals surface area contributed by atoms with E-state index in [1.807, 2.05) is 12.1 Å². The predicted molar refractivity (Wildman–Crippen MR) is 84.8 cm³/mol. The molecule has 2 aliphatic heterocycles. The van der Waals surface area contributed by atoms with Gasteiger partial charge >= 0.3 is 5.97 Å². The zero-order chi connectivity index (χ0) is 15.4. The summed E-state index contributed by atoms with van der Waals surface area (Å²) in [4.78, 5) is 11.5. The lowest BCUT2D eigenvalue weighted by Crippen LogP contribution is -2.36.